The molecule has 450 valence electrons. The Morgan fingerprint density at radius 2 is 0.618 bits per heavy atom. The van der Waals surface area contributed by atoms with Crippen molar-refractivity contribution < 1.29 is 24.5 Å². The maximum Gasteiger partial charge on any atom is 0.305 e. The number of ether oxygens (including phenoxy) is 1. The van der Waals surface area contributed by atoms with Crippen LogP contribution in [0.4, 0.5) is 0 Å². The van der Waals surface area contributed by atoms with Gasteiger partial charge in [-0.1, -0.05) is 340 Å². The molecule has 3 N–H and O–H groups in total. The van der Waals surface area contributed by atoms with Crippen LogP contribution in [0.2, 0.25) is 0 Å². The lowest BCUT2D eigenvalue weighted by Crippen LogP contribution is -2.45. The van der Waals surface area contributed by atoms with Gasteiger partial charge in [-0.2, -0.15) is 0 Å². The molecule has 0 spiro atoms. The molecule has 0 aromatic heterocycles. The number of esters is 1. The predicted octanol–water partition coefficient (Wildman–Crippen LogP) is 22.1. The Kier molecular flexibility index (Phi) is 64.4. The largest absolute Gasteiger partial charge is 0.466 e. The normalized spacial score (nSPS) is 12.6. The fourth-order valence-corrected chi connectivity index (χ4v) is 10.9. The van der Waals surface area contributed by atoms with Crippen LogP contribution in [0.3, 0.4) is 0 Å². The molecule has 0 saturated heterocycles. The van der Waals surface area contributed by atoms with E-state index in [0.717, 1.165) is 44.9 Å². The van der Waals surface area contributed by atoms with Gasteiger partial charge in [0.25, 0.3) is 0 Å². The van der Waals surface area contributed by atoms with Gasteiger partial charge in [-0.3, -0.25) is 9.59 Å². The second-order valence-corrected chi connectivity index (χ2v) is 23.9. The molecule has 76 heavy (non-hydrogen) atoms. The summed E-state index contributed by atoms with van der Waals surface area (Å²) in [5.41, 5.74) is 0. The van der Waals surface area contributed by atoms with Gasteiger partial charge in [-0.25, -0.2) is 0 Å². The number of allylic oxidation sites excluding steroid dienone is 3. The number of hydrogen-bond donors (Lipinski definition) is 3. The van der Waals surface area contributed by atoms with E-state index in [1.54, 1.807) is 6.08 Å². The highest BCUT2D eigenvalue weighted by molar-refractivity contribution is 5.76. The molecule has 0 aliphatic heterocycles. The fraction of sp³-hybridized carbons (Fsp3) is 0.914. The Balaban J connectivity index is 3.28. The van der Waals surface area contributed by atoms with Crippen LogP contribution < -0.4 is 5.32 Å². The Morgan fingerprint density at radius 3 is 0.934 bits per heavy atom. The van der Waals surface area contributed by atoms with E-state index in [-0.39, 0.29) is 18.5 Å². The first kappa shape index (κ1) is 74.3. The first-order chi connectivity index (χ1) is 37.5. The summed E-state index contributed by atoms with van der Waals surface area (Å²) in [6, 6.07) is -0.621. The fourth-order valence-electron chi connectivity index (χ4n) is 10.9. The highest BCUT2D eigenvalue weighted by Crippen LogP contribution is 2.19. The van der Waals surface area contributed by atoms with Crippen molar-refractivity contribution in [3.63, 3.8) is 0 Å². The zero-order chi connectivity index (χ0) is 55.0. The standard InChI is InChI=1S/C70H135NO5/c1-3-5-7-9-11-13-14-15-37-41-44-48-52-56-60-64-70(75)76-65-61-57-53-49-45-42-39-36-34-32-30-28-26-24-22-20-18-16-17-19-21-23-25-27-29-31-33-35-38-40-43-47-51-55-59-63-69(74)71-67(66-72)68(73)62-58-54-50-46-12-10-8-6-4-2/h15,37,58,62,67-68,72-73H,3-14,16-36,38-57,59-61,63-66H2,1-2H3,(H,71,74)/b37-15-,62-58+. The number of aliphatic hydroxyl groups excluding tert-OH is 2. The Bertz CT molecular complexity index is 1190. The topological polar surface area (TPSA) is 95.9 Å². The number of carbonyl (C=O) groups excluding carboxylic acids is 2. The van der Waals surface area contributed by atoms with Gasteiger partial charge in [0.05, 0.1) is 25.4 Å². The van der Waals surface area contributed by atoms with Gasteiger partial charge in [0.2, 0.25) is 5.91 Å². The molecule has 2 unspecified atom stereocenters. The number of aliphatic hydroxyl groups is 2. The molecule has 0 aromatic carbocycles. The third-order valence-corrected chi connectivity index (χ3v) is 16.2. The van der Waals surface area contributed by atoms with Crippen molar-refractivity contribution in [2.75, 3.05) is 13.2 Å². The van der Waals surface area contributed by atoms with E-state index >= 15 is 0 Å². The van der Waals surface area contributed by atoms with Gasteiger partial charge < -0.3 is 20.3 Å². The molecule has 0 rings (SSSR count). The molecule has 0 aliphatic carbocycles. The monoisotopic (exact) mass is 1070 g/mol. The van der Waals surface area contributed by atoms with Crippen LogP contribution in [-0.4, -0.2) is 47.4 Å². The van der Waals surface area contributed by atoms with Crippen LogP contribution in [-0.2, 0) is 14.3 Å². The average Bonchev–Trinajstić information content (AvgIpc) is 3.42. The lowest BCUT2D eigenvalue weighted by Gasteiger charge is -2.20. The number of carbonyl (C=O) groups is 2. The molecular weight excluding hydrogens is 935 g/mol. The third-order valence-electron chi connectivity index (χ3n) is 16.2. The number of rotatable bonds is 65. The molecule has 0 aliphatic rings. The molecule has 0 radical (unpaired) electrons. The molecule has 2 atom stereocenters. The summed E-state index contributed by atoms with van der Waals surface area (Å²) in [6.45, 7) is 4.89. The minimum absolute atomic E-state index is 0.0148. The average molecular weight is 1070 g/mol. The molecule has 0 fully saturated rings. The van der Waals surface area contributed by atoms with Crippen molar-refractivity contribution in [1.29, 1.82) is 0 Å². The number of hydrogen-bond acceptors (Lipinski definition) is 5. The van der Waals surface area contributed by atoms with Crippen LogP contribution in [0.1, 0.15) is 386 Å². The minimum atomic E-state index is -0.838. The van der Waals surface area contributed by atoms with Crippen molar-refractivity contribution in [3.05, 3.63) is 24.3 Å². The quantitative estimate of drug-likeness (QED) is 0.0320. The van der Waals surface area contributed by atoms with E-state index in [4.69, 9.17) is 4.74 Å². The summed E-state index contributed by atoms with van der Waals surface area (Å²) in [7, 11) is 0. The van der Waals surface area contributed by atoms with Gasteiger partial charge in [-0.15, -0.1) is 0 Å². The Labute approximate surface area is 475 Å². The van der Waals surface area contributed by atoms with Gasteiger partial charge in [0, 0.05) is 12.8 Å². The van der Waals surface area contributed by atoms with Crippen molar-refractivity contribution in [3.8, 4) is 0 Å². The summed E-state index contributed by atoms with van der Waals surface area (Å²) in [6.07, 6.45) is 82.8. The molecule has 0 saturated carbocycles. The van der Waals surface area contributed by atoms with Crippen LogP contribution >= 0.6 is 0 Å². The van der Waals surface area contributed by atoms with Crippen molar-refractivity contribution >= 4 is 11.9 Å². The lowest BCUT2D eigenvalue weighted by atomic mass is 10.0. The van der Waals surface area contributed by atoms with E-state index in [1.807, 2.05) is 6.08 Å². The SMILES string of the molecule is CCCCCCCC/C=C\CCCCCCCC(=O)OCCCCCCCCCCCCCCCCCCCCCCCCCCCCCCCCCCCCCC(=O)NC(CO)C(O)/C=C/CCCCCCCCC. The van der Waals surface area contributed by atoms with Crippen LogP contribution in [0.25, 0.3) is 0 Å². The first-order valence-corrected chi connectivity index (χ1v) is 34.6. The number of unbranched alkanes of at least 4 members (excludes halogenated alkanes) is 52. The van der Waals surface area contributed by atoms with E-state index in [2.05, 4.69) is 31.3 Å². The summed E-state index contributed by atoms with van der Waals surface area (Å²) >= 11 is 0. The predicted molar refractivity (Wildman–Crippen MR) is 333 cm³/mol. The summed E-state index contributed by atoms with van der Waals surface area (Å²) in [5, 5.41) is 23.0. The molecular formula is C70H135NO5. The molecule has 0 aromatic rings. The summed E-state index contributed by atoms with van der Waals surface area (Å²) in [5.74, 6) is -0.0492. The van der Waals surface area contributed by atoms with Crippen molar-refractivity contribution in [1.82, 2.24) is 5.32 Å². The van der Waals surface area contributed by atoms with Gasteiger partial charge >= 0.3 is 5.97 Å². The Hall–Kier alpha value is -1.66. The molecule has 1 amide bonds. The van der Waals surface area contributed by atoms with E-state index < -0.39 is 12.1 Å². The highest BCUT2D eigenvalue weighted by atomic mass is 16.5. The smallest absolute Gasteiger partial charge is 0.305 e. The van der Waals surface area contributed by atoms with Gasteiger partial charge in [0.15, 0.2) is 0 Å². The van der Waals surface area contributed by atoms with E-state index in [9.17, 15) is 19.8 Å². The van der Waals surface area contributed by atoms with Crippen LogP contribution in [0.5, 0.6) is 0 Å². The summed E-state index contributed by atoms with van der Waals surface area (Å²) < 4.78 is 5.49. The van der Waals surface area contributed by atoms with E-state index in [0.29, 0.717) is 19.4 Å². The molecule has 0 heterocycles. The number of nitrogens with one attached hydrogen (secondary N) is 1. The number of amides is 1. The molecule has 6 heteroatoms. The second kappa shape index (κ2) is 65.9. The zero-order valence-electron chi connectivity index (χ0n) is 51.5. The second-order valence-electron chi connectivity index (χ2n) is 23.9. The first-order valence-electron chi connectivity index (χ1n) is 34.6. The Morgan fingerprint density at radius 1 is 0.355 bits per heavy atom. The van der Waals surface area contributed by atoms with Gasteiger partial charge in [0.1, 0.15) is 0 Å². The maximum absolute atomic E-state index is 12.4. The zero-order valence-corrected chi connectivity index (χ0v) is 51.5. The van der Waals surface area contributed by atoms with Crippen LogP contribution in [0, 0.1) is 0 Å². The van der Waals surface area contributed by atoms with Crippen LogP contribution in [0.15, 0.2) is 24.3 Å². The van der Waals surface area contributed by atoms with Crippen molar-refractivity contribution in [2.45, 2.75) is 398 Å². The minimum Gasteiger partial charge on any atom is -0.466 e. The summed E-state index contributed by atoms with van der Waals surface area (Å²) in [4.78, 5) is 24.5. The lowest BCUT2D eigenvalue weighted by molar-refractivity contribution is -0.143. The molecule has 6 nitrogen and oxygen atoms in total. The van der Waals surface area contributed by atoms with E-state index in [1.165, 1.54) is 315 Å². The van der Waals surface area contributed by atoms with Gasteiger partial charge in [-0.05, 0) is 57.8 Å². The maximum atomic E-state index is 12.4. The van der Waals surface area contributed by atoms with Crippen molar-refractivity contribution in [2.24, 2.45) is 0 Å². The molecule has 0 bridgehead atoms. The highest BCUT2D eigenvalue weighted by Gasteiger charge is 2.18. The third kappa shape index (κ3) is 61.6.